The Morgan fingerprint density at radius 1 is 1.02 bits per heavy atom. The number of amides is 1. The second-order valence-corrected chi connectivity index (χ2v) is 14.4. The van der Waals surface area contributed by atoms with E-state index in [0.29, 0.717) is 40.0 Å². The number of likely N-dealkylation sites (tertiary alicyclic amines) is 2. The lowest BCUT2D eigenvalue weighted by molar-refractivity contribution is -0.126. The number of piperidine rings is 2. The summed E-state index contributed by atoms with van der Waals surface area (Å²) in [5, 5.41) is 20.9. The smallest absolute Gasteiger partial charge is 0.367 e. The van der Waals surface area contributed by atoms with Crippen molar-refractivity contribution in [2.24, 2.45) is 5.92 Å². The summed E-state index contributed by atoms with van der Waals surface area (Å²) in [7, 11) is 3.39. The lowest BCUT2D eigenvalue weighted by Crippen LogP contribution is -2.39. The van der Waals surface area contributed by atoms with Crippen molar-refractivity contribution in [2.75, 3.05) is 57.5 Å². The van der Waals surface area contributed by atoms with Gasteiger partial charge in [0.15, 0.2) is 0 Å². The van der Waals surface area contributed by atoms with Crippen molar-refractivity contribution in [1.82, 2.24) is 29.7 Å². The molecule has 3 N–H and O–H groups in total. The van der Waals surface area contributed by atoms with Crippen LogP contribution in [-0.2, 0) is 24.3 Å². The Morgan fingerprint density at radius 3 is 2.43 bits per heavy atom. The van der Waals surface area contributed by atoms with Gasteiger partial charge in [-0.2, -0.15) is 23.4 Å². The fourth-order valence-corrected chi connectivity index (χ4v) is 8.25. The first-order valence-electron chi connectivity index (χ1n) is 17.0. The van der Waals surface area contributed by atoms with Gasteiger partial charge >= 0.3 is 6.18 Å². The normalized spacial score (nSPS) is 17.1. The molecule has 10 nitrogen and oxygen atoms in total. The van der Waals surface area contributed by atoms with Crippen molar-refractivity contribution in [3.63, 3.8) is 0 Å². The van der Waals surface area contributed by atoms with E-state index in [-0.39, 0.29) is 16.8 Å². The van der Waals surface area contributed by atoms with E-state index in [9.17, 15) is 23.2 Å². The molecule has 6 rings (SSSR count). The molecule has 0 spiro atoms. The van der Waals surface area contributed by atoms with Crippen molar-refractivity contribution in [1.29, 1.82) is 5.26 Å². The van der Waals surface area contributed by atoms with Crippen molar-refractivity contribution >= 4 is 50.1 Å². The summed E-state index contributed by atoms with van der Waals surface area (Å²) in [5.41, 5.74) is 4.19. The maximum Gasteiger partial charge on any atom is 0.393 e. The molecule has 3 aromatic heterocycles. The molecule has 2 saturated heterocycles. The van der Waals surface area contributed by atoms with Crippen molar-refractivity contribution in [2.45, 2.75) is 70.8 Å². The van der Waals surface area contributed by atoms with Crippen LogP contribution in [0.4, 0.5) is 24.9 Å². The molecule has 0 radical (unpaired) electrons. The summed E-state index contributed by atoms with van der Waals surface area (Å²) in [4.78, 5) is 26.4. The number of alkyl halides is 3. The quantitative estimate of drug-likeness (QED) is 0.178. The number of benzene rings is 1. The number of carbonyl (C=O) groups is 1. The summed E-state index contributed by atoms with van der Waals surface area (Å²) in [6, 6.07) is 10.5. The van der Waals surface area contributed by atoms with Crippen LogP contribution in [0.25, 0.3) is 21.1 Å². The monoisotopic (exact) mass is 695 g/mol. The van der Waals surface area contributed by atoms with E-state index in [1.165, 1.54) is 11.1 Å². The van der Waals surface area contributed by atoms with Gasteiger partial charge in [-0.25, -0.2) is 4.98 Å². The highest BCUT2D eigenvalue weighted by Gasteiger charge is 2.30. The molecule has 0 aliphatic carbocycles. The number of nitriles is 1. The zero-order chi connectivity index (χ0) is 34.7. The molecule has 4 aromatic rings. The third-order valence-electron chi connectivity index (χ3n) is 10.0. The number of rotatable bonds is 11. The van der Waals surface area contributed by atoms with E-state index in [1.807, 2.05) is 6.07 Å². The molecule has 0 saturated carbocycles. The highest BCUT2D eigenvalue weighted by molar-refractivity contribution is 7.18. The van der Waals surface area contributed by atoms with Gasteiger partial charge in [-0.15, -0.1) is 11.3 Å². The molecule has 2 aliphatic rings. The molecule has 2 fully saturated rings. The molecule has 262 valence electrons. The maximum absolute atomic E-state index is 13.1. The summed E-state index contributed by atoms with van der Waals surface area (Å²) in [6.07, 6.45) is -0.875. The Morgan fingerprint density at radius 2 is 1.76 bits per heavy atom. The van der Waals surface area contributed by atoms with Gasteiger partial charge < -0.3 is 25.4 Å². The highest BCUT2D eigenvalue weighted by atomic mass is 32.1. The molecule has 1 aromatic carbocycles. The fourth-order valence-electron chi connectivity index (χ4n) is 7.19. The number of hydrogen-bond donors (Lipinski definition) is 3. The lowest BCUT2D eigenvalue weighted by atomic mass is 9.93. The van der Waals surface area contributed by atoms with Crippen LogP contribution in [0.1, 0.15) is 53.8 Å². The predicted octanol–water partition coefficient (Wildman–Crippen LogP) is 5.90. The topological polar surface area (TPSA) is 114 Å². The number of fused-ring (bicyclic) bond motifs is 2. The van der Waals surface area contributed by atoms with Crippen molar-refractivity contribution in [3.05, 3.63) is 46.0 Å². The first kappa shape index (κ1) is 34.9. The van der Waals surface area contributed by atoms with Gasteiger partial charge in [0.05, 0.1) is 11.8 Å². The first-order valence-corrected chi connectivity index (χ1v) is 17.8. The van der Waals surface area contributed by atoms with Gasteiger partial charge in [-0.1, -0.05) is 6.07 Å². The van der Waals surface area contributed by atoms with Crippen LogP contribution in [0.15, 0.2) is 24.3 Å². The van der Waals surface area contributed by atoms with E-state index in [4.69, 9.17) is 0 Å². The molecular formula is C35H44F3N9OS. The minimum atomic E-state index is -4.28. The van der Waals surface area contributed by atoms with Gasteiger partial charge in [0, 0.05) is 75.1 Å². The molecule has 14 heteroatoms. The molecule has 5 heterocycles. The molecule has 0 unspecified atom stereocenters. The Kier molecular flexibility index (Phi) is 10.6. The third kappa shape index (κ3) is 8.28. The SMILES string of the molecule is CNC(=O)CC1CCN(CCn2c(C#N)cc3c(C)c(CN4CCC(Nc5nc(NC)nc6sc(CC(F)(F)F)cc56)CC4)ccc32)CC1. The van der Waals surface area contributed by atoms with Crippen molar-refractivity contribution < 1.29 is 18.0 Å². The van der Waals surface area contributed by atoms with Crippen LogP contribution in [0.3, 0.4) is 0 Å². The van der Waals surface area contributed by atoms with Gasteiger partial charge in [0.2, 0.25) is 11.9 Å². The molecule has 1 amide bonds. The van der Waals surface area contributed by atoms with E-state index < -0.39 is 12.6 Å². The predicted molar refractivity (Wildman–Crippen MR) is 188 cm³/mol. The summed E-state index contributed by atoms with van der Waals surface area (Å²) in [5.74, 6) is 1.50. The summed E-state index contributed by atoms with van der Waals surface area (Å²) in [6.45, 7) is 8.24. The van der Waals surface area contributed by atoms with E-state index in [0.717, 1.165) is 93.7 Å². The molecular weight excluding hydrogens is 652 g/mol. The zero-order valence-corrected chi connectivity index (χ0v) is 29.1. The number of aromatic nitrogens is 3. The number of aryl methyl sites for hydroxylation is 1. The van der Waals surface area contributed by atoms with Crippen molar-refractivity contribution in [3.8, 4) is 6.07 Å². The van der Waals surface area contributed by atoms with Crippen LogP contribution in [0.5, 0.6) is 0 Å². The largest absolute Gasteiger partial charge is 0.393 e. The molecule has 2 aliphatic heterocycles. The van der Waals surface area contributed by atoms with Gasteiger partial charge in [-0.3, -0.25) is 9.69 Å². The highest BCUT2D eigenvalue weighted by Crippen LogP contribution is 2.35. The second kappa shape index (κ2) is 14.9. The summed E-state index contributed by atoms with van der Waals surface area (Å²) < 4.78 is 41.4. The number of nitrogens with one attached hydrogen (secondary N) is 3. The number of carbonyl (C=O) groups excluding carboxylic acids is 1. The average Bonchev–Trinajstić information content (AvgIpc) is 3.66. The van der Waals surface area contributed by atoms with Crippen LogP contribution in [0, 0.1) is 24.2 Å². The van der Waals surface area contributed by atoms with Gasteiger partial charge in [-0.05, 0) is 80.9 Å². The van der Waals surface area contributed by atoms with Crippen LogP contribution >= 0.6 is 11.3 Å². The van der Waals surface area contributed by atoms with Crippen LogP contribution in [-0.4, -0.2) is 89.3 Å². The van der Waals surface area contributed by atoms with Crippen LogP contribution < -0.4 is 16.0 Å². The minimum absolute atomic E-state index is 0.111. The third-order valence-corrected chi connectivity index (χ3v) is 11.1. The number of anilines is 2. The van der Waals surface area contributed by atoms with E-state index in [2.05, 4.69) is 65.4 Å². The molecule has 49 heavy (non-hydrogen) atoms. The number of halogens is 3. The number of thiophene rings is 1. The van der Waals surface area contributed by atoms with E-state index in [1.54, 1.807) is 20.2 Å². The Balaban J connectivity index is 1.06. The molecule has 0 bridgehead atoms. The maximum atomic E-state index is 13.1. The lowest BCUT2D eigenvalue weighted by Gasteiger charge is -2.33. The average molecular weight is 696 g/mol. The minimum Gasteiger partial charge on any atom is -0.367 e. The number of hydrogen-bond acceptors (Lipinski definition) is 9. The van der Waals surface area contributed by atoms with Crippen LogP contribution in [0.2, 0.25) is 0 Å². The second-order valence-electron chi connectivity index (χ2n) is 13.3. The Hall–Kier alpha value is -3.93. The standard InChI is InChI=1S/C35H44F3N9OS/c1-22-24(4-5-30-28(22)17-26(20-39)47(30)15-14-45-10-6-23(7-11-45)16-31(48)40-2)21-46-12-8-25(9-13-46)42-32-29-18-27(19-35(36,37)38)49-33(29)44-34(41-3)43-32/h4-5,17-18,23,25H,6-16,19,21H2,1-3H3,(H,40,48)(H2,41,42,43,44). The van der Waals surface area contributed by atoms with Gasteiger partial charge in [0.1, 0.15) is 22.4 Å². The zero-order valence-electron chi connectivity index (χ0n) is 28.3. The Labute approximate surface area is 288 Å². The number of nitrogens with zero attached hydrogens (tertiary/aromatic N) is 6. The Bertz CT molecular complexity index is 1830. The summed E-state index contributed by atoms with van der Waals surface area (Å²) >= 11 is 1.06. The fraction of sp³-hybridized carbons (Fsp3) is 0.543. The first-order chi connectivity index (χ1) is 23.5. The molecule has 0 atom stereocenters. The van der Waals surface area contributed by atoms with Gasteiger partial charge in [0.25, 0.3) is 0 Å². The van der Waals surface area contributed by atoms with E-state index >= 15 is 0 Å².